The van der Waals surface area contributed by atoms with E-state index in [1.165, 1.54) is 11.3 Å². The molecule has 4 amide bonds. The Morgan fingerprint density at radius 2 is 1.97 bits per heavy atom. The average molecular weight is 404 g/mol. The summed E-state index contributed by atoms with van der Waals surface area (Å²) >= 11 is 1.20. The van der Waals surface area contributed by atoms with Crippen molar-refractivity contribution < 1.29 is 14.4 Å². The van der Waals surface area contributed by atoms with Gasteiger partial charge < -0.3 is 10.6 Å². The Bertz CT molecular complexity index is 1190. The molecule has 1 fully saturated rings. The van der Waals surface area contributed by atoms with Crippen LogP contribution in [0.1, 0.15) is 18.1 Å². The lowest BCUT2D eigenvalue weighted by Gasteiger charge is -2.24. The molecule has 3 aromatic rings. The van der Waals surface area contributed by atoms with Crippen LogP contribution in [0.15, 0.2) is 53.9 Å². The fourth-order valence-corrected chi connectivity index (χ4v) is 4.24. The maximum Gasteiger partial charge on any atom is 0.325 e. The van der Waals surface area contributed by atoms with Gasteiger partial charge in [-0.15, -0.1) is 11.3 Å². The first-order chi connectivity index (χ1) is 13.9. The van der Waals surface area contributed by atoms with E-state index in [2.05, 4.69) is 10.6 Å². The van der Waals surface area contributed by atoms with E-state index in [9.17, 15) is 14.4 Å². The molecule has 0 radical (unpaired) electrons. The number of amides is 4. The summed E-state index contributed by atoms with van der Waals surface area (Å²) in [7, 11) is 0. The fourth-order valence-electron chi connectivity index (χ4n) is 3.49. The molecule has 0 unspecified atom stereocenters. The number of carbonyl (C=O) groups excluding carboxylic acids is 3. The van der Waals surface area contributed by atoms with Crippen molar-refractivity contribution in [2.24, 2.45) is 0 Å². The maximum absolute atomic E-state index is 13.2. The number of hydrogen-bond donors (Lipinski definition) is 2. The van der Waals surface area contributed by atoms with Gasteiger partial charge in [-0.3, -0.25) is 14.5 Å². The number of hydrogen-bond acceptors (Lipinski definition) is 5. The second-order valence-electron chi connectivity index (χ2n) is 6.80. The van der Waals surface area contributed by atoms with Crippen molar-refractivity contribution >= 4 is 45.0 Å². The number of benzene rings is 2. The standard InChI is InChI=1S/C21H16N4O3S/c1-21(16-8-4-6-13-5-2-3-7-15(13)16)19(27)25(20(28)24-21)12-17(26)23-18-14(11-22)9-10-29-18/h2-10H,12H2,1H3,(H,23,26)(H,24,28)/t21-/m0/s1. The van der Waals surface area contributed by atoms with Crippen molar-refractivity contribution in [3.05, 3.63) is 65.0 Å². The fraction of sp³-hybridized carbons (Fsp3) is 0.143. The maximum atomic E-state index is 13.2. The molecule has 2 N–H and O–H groups in total. The molecule has 0 saturated carbocycles. The molecule has 1 aliphatic rings. The summed E-state index contributed by atoms with van der Waals surface area (Å²) in [4.78, 5) is 39.0. The highest BCUT2D eigenvalue weighted by Crippen LogP contribution is 2.33. The van der Waals surface area contributed by atoms with Gasteiger partial charge in [0, 0.05) is 0 Å². The molecule has 144 valence electrons. The molecule has 1 aliphatic heterocycles. The van der Waals surface area contributed by atoms with Gasteiger partial charge >= 0.3 is 6.03 Å². The Balaban J connectivity index is 1.60. The monoisotopic (exact) mass is 404 g/mol. The first-order valence-corrected chi connectivity index (χ1v) is 9.72. The van der Waals surface area contributed by atoms with E-state index in [-0.39, 0.29) is 0 Å². The number of fused-ring (bicyclic) bond motifs is 1. The molecule has 2 heterocycles. The van der Waals surface area contributed by atoms with Crippen molar-refractivity contribution in [2.45, 2.75) is 12.5 Å². The minimum absolute atomic E-state index is 0.334. The predicted octanol–water partition coefficient (Wildman–Crippen LogP) is 3.18. The van der Waals surface area contributed by atoms with Crippen molar-refractivity contribution in [2.75, 3.05) is 11.9 Å². The van der Waals surface area contributed by atoms with Crippen LogP contribution in [0.25, 0.3) is 10.8 Å². The summed E-state index contributed by atoms with van der Waals surface area (Å²) in [5.41, 5.74) is -0.276. The van der Waals surface area contributed by atoms with Crippen molar-refractivity contribution in [1.82, 2.24) is 10.2 Å². The molecule has 1 saturated heterocycles. The molecule has 7 nitrogen and oxygen atoms in total. The van der Waals surface area contributed by atoms with E-state index in [0.29, 0.717) is 16.1 Å². The van der Waals surface area contributed by atoms with Crippen LogP contribution in [-0.2, 0) is 15.1 Å². The number of imide groups is 1. The SMILES string of the molecule is C[C@@]1(c2cccc3ccccc23)NC(=O)N(CC(=O)Nc2sccc2C#N)C1=O. The summed E-state index contributed by atoms with van der Waals surface area (Å²) in [6.45, 7) is 1.20. The number of nitrogens with one attached hydrogen (secondary N) is 2. The number of nitriles is 1. The molecule has 8 heteroatoms. The minimum atomic E-state index is -1.28. The number of rotatable bonds is 4. The lowest BCUT2D eigenvalue weighted by Crippen LogP contribution is -2.42. The van der Waals surface area contributed by atoms with E-state index < -0.39 is 29.9 Å². The van der Waals surface area contributed by atoms with Crippen LogP contribution in [0.4, 0.5) is 9.80 Å². The van der Waals surface area contributed by atoms with Gasteiger partial charge in [-0.1, -0.05) is 42.5 Å². The van der Waals surface area contributed by atoms with Gasteiger partial charge in [0.25, 0.3) is 5.91 Å². The minimum Gasteiger partial charge on any atom is -0.319 e. The third-order valence-corrected chi connectivity index (χ3v) is 5.77. The highest BCUT2D eigenvalue weighted by atomic mass is 32.1. The first-order valence-electron chi connectivity index (χ1n) is 8.84. The molecule has 2 aromatic carbocycles. The number of anilines is 1. The predicted molar refractivity (Wildman–Crippen MR) is 109 cm³/mol. The number of thiophene rings is 1. The zero-order valence-electron chi connectivity index (χ0n) is 15.4. The van der Waals surface area contributed by atoms with Gasteiger partial charge in [-0.2, -0.15) is 5.26 Å². The van der Waals surface area contributed by atoms with Crippen LogP contribution in [0.2, 0.25) is 0 Å². The molecule has 1 aromatic heterocycles. The number of nitrogens with zero attached hydrogens (tertiary/aromatic N) is 2. The highest BCUT2D eigenvalue weighted by molar-refractivity contribution is 7.14. The Morgan fingerprint density at radius 3 is 2.76 bits per heavy atom. The molecule has 4 rings (SSSR count). The second-order valence-corrected chi connectivity index (χ2v) is 7.71. The third-order valence-electron chi connectivity index (χ3n) is 4.94. The van der Waals surface area contributed by atoms with Crippen LogP contribution in [0, 0.1) is 11.3 Å². The molecule has 0 aliphatic carbocycles. The normalized spacial score (nSPS) is 18.6. The molecule has 29 heavy (non-hydrogen) atoms. The van der Waals surface area contributed by atoms with Crippen LogP contribution in [0.5, 0.6) is 0 Å². The zero-order chi connectivity index (χ0) is 20.6. The summed E-state index contributed by atoms with van der Waals surface area (Å²) in [5.74, 6) is -1.05. The summed E-state index contributed by atoms with van der Waals surface area (Å²) < 4.78 is 0. The topological polar surface area (TPSA) is 102 Å². The van der Waals surface area contributed by atoms with Gasteiger partial charge in [0.2, 0.25) is 5.91 Å². The zero-order valence-corrected chi connectivity index (χ0v) is 16.2. The Hall–Kier alpha value is -3.70. The second kappa shape index (κ2) is 7.04. The number of carbonyl (C=O) groups is 3. The first kappa shape index (κ1) is 18.7. The smallest absolute Gasteiger partial charge is 0.319 e. The lowest BCUT2D eigenvalue weighted by molar-refractivity contribution is -0.133. The van der Waals surface area contributed by atoms with Crippen molar-refractivity contribution in [1.29, 1.82) is 5.26 Å². The Morgan fingerprint density at radius 1 is 1.21 bits per heavy atom. The van der Waals surface area contributed by atoms with E-state index in [0.717, 1.165) is 15.7 Å². The Kier molecular flexibility index (Phi) is 4.53. The van der Waals surface area contributed by atoms with E-state index in [1.54, 1.807) is 24.4 Å². The molecular weight excluding hydrogens is 388 g/mol. The van der Waals surface area contributed by atoms with Crippen LogP contribution < -0.4 is 10.6 Å². The largest absolute Gasteiger partial charge is 0.325 e. The quantitative estimate of drug-likeness (QED) is 0.652. The average Bonchev–Trinajstić information content (AvgIpc) is 3.25. The molecule has 0 bridgehead atoms. The summed E-state index contributed by atoms with van der Waals surface area (Å²) in [6.07, 6.45) is 0. The van der Waals surface area contributed by atoms with Gasteiger partial charge in [-0.05, 0) is 34.7 Å². The van der Waals surface area contributed by atoms with E-state index >= 15 is 0 Å². The Labute approximate surface area is 170 Å². The third kappa shape index (κ3) is 3.11. The van der Waals surface area contributed by atoms with Crippen LogP contribution in [-0.4, -0.2) is 29.3 Å². The summed E-state index contributed by atoms with van der Waals surface area (Å²) in [6, 6.07) is 16.1. The van der Waals surface area contributed by atoms with Crippen LogP contribution >= 0.6 is 11.3 Å². The van der Waals surface area contributed by atoms with E-state index in [4.69, 9.17) is 5.26 Å². The summed E-state index contributed by atoms with van der Waals surface area (Å²) in [5, 5.41) is 18.2. The van der Waals surface area contributed by atoms with Gasteiger partial charge in [0.05, 0.1) is 5.56 Å². The molecule has 1 atom stereocenters. The van der Waals surface area contributed by atoms with Crippen LogP contribution in [0.3, 0.4) is 0 Å². The molecule has 0 spiro atoms. The lowest BCUT2D eigenvalue weighted by atomic mass is 9.88. The van der Waals surface area contributed by atoms with Gasteiger partial charge in [0.1, 0.15) is 23.2 Å². The van der Waals surface area contributed by atoms with Gasteiger partial charge in [0.15, 0.2) is 0 Å². The van der Waals surface area contributed by atoms with E-state index in [1.807, 2.05) is 42.5 Å². The molecular formula is C21H16N4O3S. The number of urea groups is 1. The highest BCUT2D eigenvalue weighted by Gasteiger charge is 2.50. The van der Waals surface area contributed by atoms with Crippen molar-refractivity contribution in [3.63, 3.8) is 0 Å². The van der Waals surface area contributed by atoms with Crippen molar-refractivity contribution in [3.8, 4) is 6.07 Å². The van der Waals surface area contributed by atoms with Gasteiger partial charge in [-0.25, -0.2) is 4.79 Å².